The zero-order valence-electron chi connectivity index (χ0n) is 17.4. The summed E-state index contributed by atoms with van der Waals surface area (Å²) < 4.78 is 5.09. The van der Waals surface area contributed by atoms with Gasteiger partial charge in [-0.05, 0) is 49.1 Å². The van der Waals surface area contributed by atoms with Gasteiger partial charge in [-0.15, -0.1) is 0 Å². The number of hydrogen-bond acceptors (Lipinski definition) is 7. The molecule has 3 rings (SSSR count). The number of carbonyl (C=O) groups excluding carboxylic acids is 1. The minimum Gasteiger partial charge on any atom is -0.462 e. The number of aryl methyl sites for hydroxylation is 1. The number of benzene rings is 2. The Morgan fingerprint density at radius 1 is 1.16 bits per heavy atom. The van der Waals surface area contributed by atoms with Crippen LogP contribution in [0.1, 0.15) is 18.1 Å². The van der Waals surface area contributed by atoms with Gasteiger partial charge in [0.1, 0.15) is 28.6 Å². The van der Waals surface area contributed by atoms with E-state index in [-0.39, 0.29) is 28.6 Å². The van der Waals surface area contributed by atoms with E-state index in [1.54, 1.807) is 36.6 Å². The minimum atomic E-state index is -0.760. The average molecular weight is 463 g/mol. The van der Waals surface area contributed by atoms with Gasteiger partial charge in [-0.3, -0.25) is 4.90 Å². The molecule has 2 N–H and O–H groups in total. The van der Waals surface area contributed by atoms with Crippen molar-refractivity contribution < 1.29 is 9.53 Å². The number of ether oxygens (including phenoxy) is 1. The zero-order valence-corrected chi connectivity index (χ0v) is 19.0. The Labute approximate surface area is 195 Å². The van der Waals surface area contributed by atoms with E-state index < -0.39 is 5.97 Å². The summed E-state index contributed by atoms with van der Waals surface area (Å²) in [7, 11) is 0. The van der Waals surface area contributed by atoms with Crippen molar-refractivity contribution in [1.29, 1.82) is 10.5 Å². The van der Waals surface area contributed by atoms with Gasteiger partial charge >= 0.3 is 5.97 Å². The van der Waals surface area contributed by atoms with Crippen molar-refractivity contribution in [2.24, 2.45) is 5.73 Å². The maximum Gasteiger partial charge on any atom is 0.351 e. The molecule has 0 radical (unpaired) electrons. The maximum absolute atomic E-state index is 12.6. The third-order valence-electron chi connectivity index (χ3n) is 4.62. The van der Waals surface area contributed by atoms with Crippen molar-refractivity contribution in [1.82, 2.24) is 0 Å². The molecule has 0 bridgehead atoms. The molecule has 0 aliphatic carbocycles. The molecule has 8 heteroatoms. The highest BCUT2D eigenvalue weighted by molar-refractivity contribution is 8.06. The number of allylic oxidation sites excluding steroid dienone is 2. The standard InChI is InChI=1S/C24H19ClN4O2S/c1-3-31-24(30)20(13-27)23-29(18-10-4-15(2)5-11-18)22(28)19(12-26)21(14-32-23)16-6-8-17(25)9-7-16/h4-11,14H,3,28H2,1-2H3. The number of hydrogen-bond donors (Lipinski definition) is 1. The monoisotopic (exact) mass is 462 g/mol. The summed E-state index contributed by atoms with van der Waals surface area (Å²) in [5.41, 5.74) is 9.43. The van der Waals surface area contributed by atoms with E-state index in [9.17, 15) is 15.3 Å². The number of halogens is 1. The average Bonchev–Trinajstić information content (AvgIpc) is 2.92. The van der Waals surface area contributed by atoms with Gasteiger partial charge in [0, 0.05) is 16.3 Å². The van der Waals surface area contributed by atoms with E-state index in [1.807, 2.05) is 37.3 Å². The molecule has 2 aromatic rings. The molecule has 6 nitrogen and oxygen atoms in total. The molecule has 0 fully saturated rings. The molecule has 0 saturated carbocycles. The highest BCUT2D eigenvalue weighted by Gasteiger charge is 2.30. The first-order chi connectivity index (χ1) is 15.4. The lowest BCUT2D eigenvalue weighted by Gasteiger charge is -2.26. The van der Waals surface area contributed by atoms with E-state index in [1.165, 1.54) is 4.90 Å². The van der Waals surface area contributed by atoms with Crippen LogP contribution in [-0.4, -0.2) is 12.6 Å². The predicted octanol–water partition coefficient (Wildman–Crippen LogP) is 5.23. The quantitative estimate of drug-likeness (QED) is 0.376. The molecule has 0 aromatic heterocycles. The second-order valence-electron chi connectivity index (χ2n) is 6.71. The first-order valence-corrected chi connectivity index (χ1v) is 10.9. The molecule has 1 aliphatic rings. The second-order valence-corrected chi connectivity index (χ2v) is 8.01. The number of rotatable bonds is 4. The Morgan fingerprint density at radius 3 is 2.38 bits per heavy atom. The molecular weight excluding hydrogens is 444 g/mol. The van der Waals surface area contributed by atoms with Crippen molar-refractivity contribution in [3.63, 3.8) is 0 Å². The van der Waals surface area contributed by atoms with Gasteiger partial charge in [0.2, 0.25) is 0 Å². The van der Waals surface area contributed by atoms with Gasteiger partial charge in [-0.2, -0.15) is 10.5 Å². The number of thioether (sulfide) groups is 1. The fourth-order valence-corrected chi connectivity index (χ4v) is 4.22. The number of nitrogens with zero attached hydrogens (tertiary/aromatic N) is 3. The van der Waals surface area contributed by atoms with Gasteiger partial charge in [0.25, 0.3) is 0 Å². The topological polar surface area (TPSA) is 103 Å². The Balaban J connectivity index is 2.31. The number of esters is 1. The van der Waals surface area contributed by atoms with Gasteiger partial charge in [0.15, 0.2) is 5.57 Å². The van der Waals surface area contributed by atoms with E-state index in [4.69, 9.17) is 22.1 Å². The van der Waals surface area contributed by atoms with Crippen LogP contribution >= 0.6 is 23.4 Å². The maximum atomic E-state index is 12.6. The number of nitrogens with two attached hydrogens (primary N) is 1. The molecule has 160 valence electrons. The van der Waals surface area contributed by atoms with Crippen molar-refractivity contribution >= 4 is 40.6 Å². The third-order valence-corrected chi connectivity index (χ3v) is 5.84. The highest BCUT2D eigenvalue weighted by Crippen LogP contribution is 2.41. The van der Waals surface area contributed by atoms with Crippen LogP contribution in [0.3, 0.4) is 0 Å². The number of carbonyl (C=O) groups is 1. The van der Waals surface area contributed by atoms with Gasteiger partial charge in [0.05, 0.1) is 6.61 Å². The number of nitriles is 2. The van der Waals surface area contributed by atoms with Crippen LogP contribution < -0.4 is 10.6 Å². The van der Waals surface area contributed by atoms with Crippen LogP contribution in [0.15, 0.2) is 75.9 Å². The lowest BCUT2D eigenvalue weighted by molar-refractivity contribution is -0.138. The number of anilines is 1. The Kier molecular flexibility index (Phi) is 7.27. The Bertz CT molecular complexity index is 1220. The highest BCUT2D eigenvalue weighted by atomic mass is 35.5. The van der Waals surface area contributed by atoms with Crippen molar-refractivity contribution in [3.8, 4) is 12.1 Å². The molecule has 0 atom stereocenters. The molecule has 1 heterocycles. The van der Waals surface area contributed by atoms with Crippen molar-refractivity contribution in [2.45, 2.75) is 13.8 Å². The van der Waals surface area contributed by atoms with E-state index >= 15 is 0 Å². The lowest BCUT2D eigenvalue weighted by atomic mass is 10.00. The molecular formula is C24H19ClN4O2S. The predicted molar refractivity (Wildman–Crippen MR) is 127 cm³/mol. The van der Waals surface area contributed by atoms with Crippen molar-refractivity contribution in [2.75, 3.05) is 11.5 Å². The van der Waals surface area contributed by atoms with Crippen LogP contribution in [0.4, 0.5) is 5.69 Å². The summed E-state index contributed by atoms with van der Waals surface area (Å²) >= 11 is 7.14. The van der Waals surface area contributed by atoms with E-state index in [0.717, 1.165) is 22.9 Å². The van der Waals surface area contributed by atoms with Crippen LogP contribution in [-0.2, 0) is 9.53 Å². The summed E-state index contributed by atoms with van der Waals surface area (Å²) in [4.78, 5) is 14.1. The Morgan fingerprint density at radius 2 is 1.81 bits per heavy atom. The molecule has 0 unspecified atom stereocenters. The van der Waals surface area contributed by atoms with Gasteiger partial charge in [-0.25, -0.2) is 4.79 Å². The molecule has 32 heavy (non-hydrogen) atoms. The first-order valence-electron chi connectivity index (χ1n) is 9.62. The van der Waals surface area contributed by atoms with Gasteiger partial charge < -0.3 is 10.5 Å². The molecule has 2 aromatic carbocycles. The van der Waals surface area contributed by atoms with Crippen LogP contribution in [0.5, 0.6) is 0 Å². The van der Waals surface area contributed by atoms with Crippen LogP contribution in [0, 0.1) is 29.6 Å². The molecule has 0 amide bonds. The fraction of sp³-hybridized carbons (Fsp3) is 0.125. The van der Waals surface area contributed by atoms with Crippen molar-refractivity contribution in [3.05, 3.63) is 92.1 Å². The smallest absolute Gasteiger partial charge is 0.351 e. The van der Waals surface area contributed by atoms with E-state index in [2.05, 4.69) is 6.07 Å². The zero-order chi connectivity index (χ0) is 23.3. The van der Waals surface area contributed by atoms with E-state index in [0.29, 0.717) is 16.3 Å². The largest absolute Gasteiger partial charge is 0.462 e. The summed E-state index contributed by atoms with van der Waals surface area (Å²) in [6.45, 7) is 3.72. The Hall–Kier alpha value is -3.65. The minimum absolute atomic E-state index is 0.0922. The van der Waals surface area contributed by atoms with Crippen LogP contribution in [0.25, 0.3) is 5.57 Å². The second kappa shape index (κ2) is 10.1. The summed E-state index contributed by atoms with van der Waals surface area (Å²) in [6.07, 6.45) is 0. The summed E-state index contributed by atoms with van der Waals surface area (Å²) in [5, 5.41) is 22.3. The molecule has 1 aliphatic heterocycles. The normalized spacial score (nSPS) is 15.3. The summed E-state index contributed by atoms with van der Waals surface area (Å²) in [5.74, 6) is -0.668. The first kappa shape index (κ1) is 23.0. The summed E-state index contributed by atoms with van der Waals surface area (Å²) in [6, 6.07) is 18.5. The lowest BCUT2D eigenvalue weighted by Crippen LogP contribution is -2.29. The van der Waals surface area contributed by atoms with Gasteiger partial charge in [-0.1, -0.05) is 53.2 Å². The fourth-order valence-electron chi connectivity index (χ4n) is 3.05. The van der Waals surface area contributed by atoms with Crippen LogP contribution in [0.2, 0.25) is 5.02 Å². The molecule has 0 saturated heterocycles. The SMILES string of the molecule is CCOC(=O)C(C#N)=C1SC=C(c2ccc(Cl)cc2)C(C#N)=C(N)N1c1ccc(C)cc1. The third kappa shape index (κ3) is 4.65. The molecule has 0 spiro atoms.